The molecule has 1 aromatic heterocycles. The molecule has 6 nitrogen and oxygen atoms in total. The summed E-state index contributed by atoms with van der Waals surface area (Å²) < 4.78 is 0. The standard InChI is InChI=1S/C19H18ClN3O3/c1-19(2)7-11-14(12(24)8-19)13(9-5-3-4-6-10(9)20)15-16(21-11)22-18(26)23-17(15)25/h3-6,13H,7-8H2,1-2H3,(H3,21,22,23,25,26). The number of halogens is 1. The Bertz CT molecular complexity index is 1080. The van der Waals surface area contributed by atoms with Gasteiger partial charge < -0.3 is 5.32 Å². The van der Waals surface area contributed by atoms with Gasteiger partial charge in [0.2, 0.25) is 0 Å². The number of benzene rings is 1. The lowest BCUT2D eigenvalue weighted by Gasteiger charge is -2.38. The van der Waals surface area contributed by atoms with Gasteiger partial charge in [-0.05, 0) is 23.5 Å². The zero-order valence-corrected chi connectivity index (χ0v) is 15.2. The molecule has 0 spiro atoms. The summed E-state index contributed by atoms with van der Waals surface area (Å²) in [6.45, 7) is 4.05. The van der Waals surface area contributed by atoms with Gasteiger partial charge in [-0.25, -0.2) is 4.79 Å². The quantitative estimate of drug-likeness (QED) is 0.718. The maximum atomic E-state index is 13.0. The number of carbonyl (C=O) groups is 1. The van der Waals surface area contributed by atoms with Gasteiger partial charge in [0.25, 0.3) is 5.56 Å². The molecule has 3 N–H and O–H groups in total. The molecule has 1 atom stereocenters. The average Bonchev–Trinajstić information content (AvgIpc) is 2.52. The normalized spacial score (nSPS) is 21.0. The van der Waals surface area contributed by atoms with Gasteiger partial charge in [0.15, 0.2) is 5.78 Å². The van der Waals surface area contributed by atoms with Gasteiger partial charge >= 0.3 is 5.69 Å². The SMILES string of the molecule is CC1(C)CC(=O)C2=C(C1)Nc1[nH]c(=O)[nH]c(=O)c1C2c1ccccc1Cl. The molecular formula is C19H18ClN3O3. The molecule has 4 rings (SSSR count). The van der Waals surface area contributed by atoms with Crippen molar-refractivity contribution in [2.45, 2.75) is 32.6 Å². The lowest BCUT2D eigenvalue weighted by molar-refractivity contribution is -0.118. The minimum Gasteiger partial charge on any atom is -0.344 e. The van der Waals surface area contributed by atoms with Gasteiger partial charge in [0.05, 0.1) is 5.56 Å². The molecule has 0 amide bonds. The summed E-state index contributed by atoms with van der Waals surface area (Å²) in [4.78, 5) is 42.3. The molecule has 1 unspecified atom stereocenters. The Labute approximate surface area is 154 Å². The lowest BCUT2D eigenvalue weighted by Crippen LogP contribution is -2.39. The summed E-state index contributed by atoms with van der Waals surface area (Å²) in [6, 6.07) is 7.16. The van der Waals surface area contributed by atoms with Crippen LogP contribution in [0.2, 0.25) is 5.02 Å². The van der Waals surface area contributed by atoms with Crippen LogP contribution in [0.1, 0.15) is 43.7 Å². The van der Waals surface area contributed by atoms with E-state index >= 15 is 0 Å². The van der Waals surface area contributed by atoms with Crippen molar-refractivity contribution >= 4 is 23.2 Å². The van der Waals surface area contributed by atoms with Crippen LogP contribution in [0.15, 0.2) is 45.1 Å². The Morgan fingerprint density at radius 3 is 2.54 bits per heavy atom. The molecule has 0 bridgehead atoms. The first-order valence-corrected chi connectivity index (χ1v) is 8.79. The van der Waals surface area contributed by atoms with Crippen LogP contribution >= 0.6 is 11.6 Å². The first kappa shape index (κ1) is 16.8. The largest absolute Gasteiger partial charge is 0.344 e. The highest BCUT2D eigenvalue weighted by Gasteiger charge is 2.42. The van der Waals surface area contributed by atoms with Gasteiger partial charge in [0.1, 0.15) is 5.82 Å². The minimum absolute atomic E-state index is 0.00933. The number of fused-ring (bicyclic) bond motifs is 1. The van der Waals surface area contributed by atoms with E-state index in [-0.39, 0.29) is 11.2 Å². The fourth-order valence-electron chi connectivity index (χ4n) is 3.97. The van der Waals surface area contributed by atoms with Crippen LogP contribution in [0.4, 0.5) is 5.82 Å². The number of hydrogen-bond acceptors (Lipinski definition) is 4. The molecule has 1 aliphatic carbocycles. The van der Waals surface area contributed by atoms with Crippen molar-refractivity contribution < 1.29 is 4.79 Å². The van der Waals surface area contributed by atoms with Crippen molar-refractivity contribution in [2.75, 3.05) is 5.32 Å². The number of aromatic amines is 2. The van der Waals surface area contributed by atoms with Crippen molar-refractivity contribution in [1.29, 1.82) is 0 Å². The maximum absolute atomic E-state index is 13.0. The molecule has 1 aromatic carbocycles. The molecule has 2 aliphatic rings. The number of ketones is 1. The van der Waals surface area contributed by atoms with Crippen molar-refractivity contribution in [3.63, 3.8) is 0 Å². The van der Waals surface area contributed by atoms with E-state index in [9.17, 15) is 14.4 Å². The average molecular weight is 372 g/mol. The van der Waals surface area contributed by atoms with Crippen molar-refractivity contribution in [3.8, 4) is 0 Å². The zero-order chi connectivity index (χ0) is 18.6. The van der Waals surface area contributed by atoms with Crippen LogP contribution in [-0.2, 0) is 4.79 Å². The van der Waals surface area contributed by atoms with Crippen molar-refractivity contribution in [1.82, 2.24) is 9.97 Å². The van der Waals surface area contributed by atoms with Crippen LogP contribution < -0.4 is 16.6 Å². The molecule has 0 fully saturated rings. The summed E-state index contributed by atoms with van der Waals surface area (Å²) in [5.41, 5.74) is 0.967. The van der Waals surface area contributed by atoms with Gasteiger partial charge in [-0.2, -0.15) is 0 Å². The lowest BCUT2D eigenvalue weighted by atomic mass is 9.69. The molecule has 26 heavy (non-hydrogen) atoms. The van der Waals surface area contributed by atoms with E-state index in [0.717, 1.165) is 5.70 Å². The van der Waals surface area contributed by atoms with Crippen molar-refractivity contribution in [3.05, 3.63) is 72.5 Å². The highest BCUT2D eigenvalue weighted by molar-refractivity contribution is 6.31. The highest BCUT2D eigenvalue weighted by Crippen LogP contribution is 2.48. The van der Waals surface area contributed by atoms with Crippen LogP contribution in [0.3, 0.4) is 0 Å². The van der Waals surface area contributed by atoms with E-state index in [1.54, 1.807) is 12.1 Å². The first-order valence-electron chi connectivity index (χ1n) is 8.41. The molecule has 134 valence electrons. The number of nitrogens with one attached hydrogen (secondary N) is 3. The second-order valence-electron chi connectivity index (χ2n) is 7.61. The monoisotopic (exact) mass is 371 g/mol. The van der Waals surface area contributed by atoms with Gasteiger partial charge in [-0.15, -0.1) is 0 Å². The fourth-order valence-corrected chi connectivity index (χ4v) is 4.21. The zero-order valence-electron chi connectivity index (χ0n) is 14.4. The summed E-state index contributed by atoms with van der Waals surface area (Å²) in [5, 5.41) is 3.60. The van der Waals surface area contributed by atoms with Crippen LogP contribution in [0, 0.1) is 5.41 Å². The maximum Gasteiger partial charge on any atom is 0.327 e. The Hall–Kier alpha value is -2.60. The number of H-pyrrole nitrogens is 2. The summed E-state index contributed by atoms with van der Waals surface area (Å²) in [6.07, 6.45) is 1.04. The summed E-state index contributed by atoms with van der Waals surface area (Å²) >= 11 is 6.40. The van der Waals surface area contributed by atoms with Crippen LogP contribution in [0.25, 0.3) is 0 Å². The Balaban J connectivity index is 2.04. The molecule has 0 saturated heterocycles. The molecule has 7 heteroatoms. The van der Waals surface area contributed by atoms with E-state index < -0.39 is 17.2 Å². The van der Waals surface area contributed by atoms with Crippen LogP contribution in [0.5, 0.6) is 0 Å². The third-order valence-corrected chi connectivity index (χ3v) is 5.31. The Morgan fingerprint density at radius 2 is 1.81 bits per heavy atom. The second-order valence-corrected chi connectivity index (χ2v) is 8.02. The predicted molar refractivity (Wildman–Crippen MR) is 99.6 cm³/mol. The smallest absolute Gasteiger partial charge is 0.327 e. The molecule has 0 saturated carbocycles. The van der Waals surface area contributed by atoms with E-state index in [4.69, 9.17) is 11.6 Å². The van der Waals surface area contributed by atoms with E-state index in [1.807, 2.05) is 26.0 Å². The summed E-state index contributed by atoms with van der Waals surface area (Å²) in [5.74, 6) is -0.294. The number of aromatic nitrogens is 2. The van der Waals surface area contributed by atoms with Crippen molar-refractivity contribution in [2.24, 2.45) is 5.41 Å². The molecule has 0 radical (unpaired) electrons. The third kappa shape index (κ3) is 2.61. The van der Waals surface area contributed by atoms with Gasteiger partial charge in [0, 0.05) is 28.6 Å². The van der Waals surface area contributed by atoms with Gasteiger partial charge in [-0.3, -0.25) is 19.6 Å². The Morgan fingerprint density at radius 1 is 1.08 bits per heavy atom. The molecular weight excluding hydrogens is 354 g/mol. The number of carbonyl (C=O) groups excluding carboxylic acids is 1. The third-order valence-electron chi connectivity index (χ3n) is 4.97. The number of allylic oxidation sites excluding steroid dienone is 2. The van der Waals surface area contributed by atoms with Gasteiger partial charge in [-0.1, -0.05) is 43.6 Å². The number of hydrogen-bond donors (Lipinski definition) is 3. The number of anilines is 1. The first-order chi connectivity index (χ1) is 12.3. The minimum atomic E-state index is -0.612. The van der Waals surface area contributed by atoms with E-state index in [1.165, 1.54) is 0 Å². The topological polar surface area (TPSA) is 94.8 Å². The fraction of sp³-hybridized carbons (Fsp3) is 0.316. The molecule has 2 aromatic rings. The molecule has 2 heterocycles. The number of rotatable bonds is 1. The summed E-state index contributed by atoms with van der Waals surface area (Å²) in [7, 11) is 0. The Kier molecular flexibility index (Phi) is 3.70. The van der Waals surface area contributed by atoms with E-state index in [2.05, 4.69) is 15.3 Å². The number of Topliss-reactive ketones (excluding diaryl/α,β-unsaturated/α-hetero) is 1. The second kappa shape index (κ2) is 5.71. The molecule has 1 aliphatic heterocycles. The van der Waals surface area contributed by atoms with Crippen LogP contribution in [-0.4, -0.2) is 15.8 Å². The van der Waals surface area contributed by atoms with E-state index in [0.29, 0.717) is 40.4 Å². The highest BCUT2D eigenvalue weighted by atomic mass is 35.5. The predicted octanol–water partition coefficient (Wildman–Crippen LogP) is 2.92.